The van der Waals surface area contributed by atoms with E-state index in [9.17, 15) is 14.0 Å². The monoisotopic (exact) mass is 342 g/mol. The molecule has 1 aliphatic heterocycles. The molecule has 2 unspecified atom stereocenters. The van der Waals surface area contributed by atoms with Gasteiger partial charge in [0.25, 0.3) is 0 Å². The third-order valence-electron chi connectivity index (χ3n) is 4.23. The molecule has 7 nitrogen and oxygen atoms in total. The van der Waals surface area contributed by atoms with Crippen LogP contribution >= 0.6 is 0 Å². The fraction of sp³-hybridized carbons (Fsp3) is 0.176. The van der Waals surface area contributed by atoms with Crippen molar-refractivity contribution in [1.29, 1.82) is 0 Å². The topological polar surface area (TPSA) is 99.2 Å². The Labute approximate surface area is 141 Å². The molecule has 1 aromatic heterocycles. The Bertz CT molecular complexity index is 979. The van der Waals surface area contributed by atoms with Crippen molar-refractivity contribution in [2.24, 2.45) is 5.92 Å². The lowest BCUT2D eigenvalue weighted by Gasteiger charge is -2.18. The molecule has 3 aromatic rings. The molecule has 2 aromatic carbocycles. The number of amides is 1. The van der Waals surface area contributed by atoms with Crippen molar-refractivity contribution in [3.05, 3.63) is 64.4 Å². The van der Waals surface area contributed by atoms with Gasteiger partial charge in [-0.1, -0.05) is 12.1 Å². The highest BCUT2D eigenvalue weighted by Crippen LogP contribution is 2.26. The van der Waals surface area contributed by atoms with E-state index in [1.165, 1.54) is 12.1 Å². The smallest absolute Gasteiger partial charge is 0.408 e. The number of carbonyl (C=O) groups is 1. The van der Waals surface area contributed by atoms with Gasteiger partial charge in [-0.2, -0.15) is 0 Å². The lowest BCUT2D eigenvalue weighted by molar-refractivity contribution is -0.119. The number of halogens is 1. The number of rotatable bonds is 3. The number of oxazole rings is 1. The van der Waals surface area contributed by atoms with Crippen LogP contribution in [0.15, 0.2) is 51.7 Å². The predicted octanol–water partition coefficient (Wildman–Crippen LogP) is 1.66. The van der Waals surface area contributed by atoms with Crippen LogP contribution in [0.1, 0.15) is 11.6 Å². The van der Waals surface area contributed by atoms with Crippen molar-refractivity contribution in [1.82, 2.24) is 15.8 Å². The molecule has 4 N–H and O–H groups in total. The summed E-state index contributed by atoms with van der Waals surface area (Å²) >= 11 is 0. The number of hydrogen-bond donors (Lipinski definition) is 4. The molecule has 128 valence electrons. The van der Waals surface area contributed by atoms with E-state index in [1.54, 1.807) is 30.3 Å². The van der Waals surface area contributed by atoms with E-state index in [0.29, 0.717) is 23.3 Å². The summed E-state index contributed by atoms with van der Waals surface area (Å²) in [6, 6.07) is 10.7. The van der Waals surface area contributed by atoms with Gasteiger partial charge in [-0.15, -0.1) is 0 Å². The van der Waals surface area contributed by atoms with Crippen molar-refractivity contribution in [3.63, 3.8) is 0 Å². The van der Waals surface area contributed by atoms with Gasteiger partial charge in [0.05, 0.1) is 17.5 Å². The largest absolute Gasteiger partial charge is 0.417 e. The van der Waals surface area contributed by atoms with Crippen molar-refractivity contribution in [3.8, 4) is 0 Å². The van der Waals surface area contributed by atoms with Gasteiger partial charge in [-0.25, -0.2) is 14.6 Å². The Kier molecular flexibility index (Phi) is 3.83. The first-order valence-electron chi connectivity index (χ1n) is 7.78. The first kappa shape index (κ1) is 15.6. The second-order valence-corrected chi connectivity index (χ2v) is 5.88. The lowest BCUT2D eigenvalue weighted by atomic mass is 9.94. The molecule has 25 heavy (non-hydrogen) atoms. The molecule has 2 heterocycles. The molecule has 0 saturated carbocycles. The standard InChI is InChI=1S/C17H15FN4O3/c18-10-3-1-9(2-4-10)15-12(8-19-22-15)16(23)20-11-5-6-14-13(7-11)21-17(24)25-14/h1-7,12,15,19,22H,8H2,(H,20,23)(H,21,24). The highest BCUT2D eigenvalue weighted by molar-refractivity contribution is 5.95. The summed E-state index contributed by atoms with van der Waals surface area (Å²) in [7, 11) is 0. The number of fused-ring (bicyclic) bond motifs is 1. The number of H-pyrrole nitrogens is 1. The Hall–Kier alpha value is -2.97. The van der Waals surface area contributed by atoms with Crippen LogP contribution < -0.4 is 21.9 Å². The third-order valence-corrected chi connectivity index (χ3v) is 4.23. The van der Waals surface area contributed by atoms with E-state index in [1.807, 2.05) is 0 Å². The summed E-state index contributed by atoms with van der Waals surface area (Å²) in [5.41, 5.74) is 8.33. The number of aromatic nitrogens is 1. The zero-order valence-electron chi connectivity index (χ0n) is 13.0. The molecule has 0 aliphatic carbocycles. The molecule has 1 aliphatic rings. The highest BCUT2D eigenvalue weighted by atomic mass is 19.1. The molecule has 2 atom stereocenters. The average Bonchev–Trinajstić information content (AvgIpc) is 3.21. The van der Waals surface area contributed by atoms with Crippen molar-refractivity contribution in [2.75, 3.05) is 11.9 Å². The van der Waals surface area contributed by atoms with Gasteiger partial charge in [0, 0.05) is 12.2 Å². The van der Waals surface area contributed by atoms with Crippen LogP contribution in [0.2, 0.25) is 0 Å². The van der Waals surface area contributed by atoms with Crippen molar-refractivity contribution in [2.45, 2.75) is 6.04 Å². The first-order chi connectivity index (χ1) is 12.1. The van der Waals surface area contributed by atoms with Crippen LogP contribution in [-0.4, -0.2) is 17.4 Å². The molecular weight excluding hydrogens is 327 g/mol. The van der Waals surface area contributed by atoms with Gasteiger partial charge in [-0.05, 0) is 35.9 Å². The molecule has 0 radical (unpaired) electrons. The van der Waals surface area contributed by atoms with Crippen molar-refractivity contribution >= 4 is 22.7 Å². The van der Waals surface area contributed by atoms with Crippen LogP contribution in [0.3, 0.4) is 0 Å². The second-order valence-electron chi connectivity index (χ2n) is 5.88. The zero-order chi connectivity index (χ0) is 17.4. The number of anilines is 1. The van der Waals surface area contributed by atoms with Gasteiger partial charge < -0.3 is 9.73 Å². The summed E-state index contributed by atoms with van der Waals surface area (Å²) < 4.78 is 18.0. The van der Waals surface area contributed by atoms with E-state index in [0.717, 1.165) is 5.56 Å². The van der Waals surface area contributed by atoms with Gasteiger partial charge >= 0.3 is 5.76 Å². The Morgan fingerprint density at radius 1 is 1.20 bits per heavy atom. The van der Waals surface area contributed by atoms with Gasteiger partial charge in [0.15, 0.2) is 5.58 Å². The fourth-order valence-corrected chi connectivity index (χ4v) is 2.99. The number of benzene rings is 2. The minimum absolute atomic E-state index is 0.183. The second kappa shape index (κ2) is 6.15. The summed E-state index contributed by atoms with van der Waals surface area (Å²) in [6.45, 7) is 0.443. The summed E-state index contributed by atoms with van der Waals surface area (Å²) in [6.07, 6.45) is 0. The Balaban J connectivity index is 1.54. The van der Waals surface area contributed by atoms with E-state index < -0.39 is 5.76 Å². The molecule has 1 fully saturated rings. The maximum Gasteiger partial charge on any atom is 0.417 e. The predicted molar refractivity (Wildman–Crippen MR) is 89.2 cm³/mol. The number of aromatic amines is 1. The number of hydrazine groups is 1. The summed E-state index contributed by atoms with van der Waals surface area (Å²) in [5.74, 6) is -1.42. The van der Waals surface area contributed by atoms with Crippen LogP contribution in [0.4, 0.5) is 10.1 Å². The zero-order valence-corrected chi connectivity index (χ0v) is 13.0. The van der Waals surface area contributed by atoms with Crippen LogP contribution in [0.5, 0.6) is 0 Å². The molecule has 1 saturated heterocycles. The van der Waals surface area contributed by atoms with Crippen LogP contribution in [0, 0.1) is 11.7 Å². The molecule has 4 rings (SSSR count). The maximum atomic E-state index is 13.1. The summed E-state index contributed by atoms with van der Waals surface area (Å²) in [5, 5.41) is 2.84. The molecule has 8 heteroatoms. The van der Waals surface area contributed by atoms with Crippen LogP contribution in [-0.2, 0) is 4.79 Å². The molecule has 0 spiro atoms. The van der Waals surface area contributed by atoms with Crippen molar-refractivity contribution < 1.29 is 13.6 Å². The van der Waals surface area contributed by atoms with E-state index >= 15 is 0 Å². The number of hydrogen-bond acceptors (Lipinski definition) is 5. The minimum atomic E-state index is -0.543. The Morgan fingerprint density at radius 3 is 2.80 bits per heavy atom. The molecule has 0 bridgehead atoms. The first-order valence-corrected chi connectivity index (χ1v) is 7.78. The summed E-state index contributed by atoms with van der Waals surface area (Å²) in [4.78, 5) is 26.4. The van der Waals surface area contributed by atoms with E-state index in [2.05, 4.69) is 21.2 Å². The van der Waals surface area contributed by atoms with Crippen LogP contribution in [0.25, 0.3) is 11.1 Å². The minimum Gasteiger partial charge on any atom is -0.408 e. The number of nitrogens with one attached hydrogen (secondary N) is 4. The Morgan fingerprint density at radius 2 is 2.00 bits per heavy atom. The van der Waals surface area contributed by atoms with E-state index in [4.69, 9.17) is 4.42 Å². The van der Waals surface area contributed by atoms with Gasteiger partial charge in [-0.3, -0.25) is 15.2 Å². The SMILES string of the molecule is O=C(Nc1ccc2oc(=O)[nH]c2c1)C1CNNC1c1ccc(F)cc1. The molecular formula is C17H15FN4O3. The third kappa shape index (κ3) is 3.04. The average molecular weight is 342 g/mol. The maximum absolute atomic E-state index is 13.1. The highest BCUT2D eigenvalue weighted by Gasteiger charge is 2.34. The number of carbonyl (C=O) groups excluding carboxylic acids is 1. The molecule has 1 amide bonds. The van der Waals surface area contributed by atoms with E-state index in [-0.39, 0.29) is 23.7 Å². The fourth-order valence-electron chi connectivity index (χ4n) is 2.99. The lowest BCUT2D eigenvalue weighted by Crippen LogP contribution is -2.29. The normalized spacial score (nSPS) is 20.0. The quantitative estimate of drug-likeness (QED) is 0.580. The van der Waals surface area contributed by atoms with Gasteiger partial charge in [0.1, 0.15) is 5.82 Å². The van der Waals surface area contributed by atoms with Gasteiger partial charge in [0.2, 0.25) is 5.91 Å².